The van der Waals surface area contributed by atoms with E-state index in [2.05, 4.69) is 26.3 Å². The van der Waals surface area contributed by atoms with Gasteiger partial charge in [0.05, 0.1) is 20.3 Å². The van der Waals surface area contributed by atoms with Gasteiger partial charge >= 0.3 is 12.1 Å². The maximum absolute atomic E-state index is 12.9. The van der Waals surface area contributed by atoms with E-state index in [9.17, 15) is 14.4 Å². The Balaban J connectivity index is 1.70. The number of benzene rings is 2. The van der Waals surface area contributed by atoms with Gasteiger partial charge in [-0.3, -0.25) is 9.79 Å². The summed E-state index contributed by atoms with van der Waals surface area (Å²) in [5.74, 6) is 0.189. The molecule has 2 aromatic rings. The van der Waals surface area contributed by atoms with Crippen molar-refractivity contribution in [2.45, 2.75) is 38.8 Å². The summed E-state index contributed by atoms with van der Waals surface area (Å²) in [6.45, 7) is 5.02. The van der Waals surface area contributed by atoms with Crippen LogP contribution in [0.4, 0.5) is 16.2 Å². The predicted octanol–water partition coefficient (Wildman–Crippen LogP) is 2.93. The summed E-state index contributed by atoms with van der Waals surface area (Å²) in [5, 5.41) is 11.7. The number of guanidine groups is 1. The Hall–Kier alpha value is -4.28. The summed E-state index contributed by atoms with van der Waals surface area (Å²) in [7, 11) is 2.72. The molecule has 0 fully saturated rings. The zero-order chi connectivity index (χ0) is 26.8. The molecular weight excluding hydrogens is 478 g/mol. The van der Waals surface area contributed by atoms with Crippen LogP contribution >= 0.6 is 0 Å². The number of nitrogens with one attached hydrogen (secondary N) is 4. The number of ether oxygens (including phenoxy) is 3. The first-order valence-corrected chi connectivity index (χ1v) is 12.0. The van der Waals surface area contributed by atoms with Crippen molar-refractivity contribution in [2.24, 2.45) is 4.99 Å². The van der Waals surface area contributed by atoms with E-state index in [0.29, 0.717) is 28.5 Å². The van der Waals surface area contributed by atoms with Gasteiger partial charge in [0, 0.05) is 42.5 Å². The largest absolute Gasteiger partial charge is 0.496 e. The monoisotopic (exact) mass is 511 g/mol. The first-order chi connectivity index (χ1) is 17.8. The van der Waals surface area contributed by atoms with Gasteiger partial charge in [0.1, 0.15) is 11.8 Å². The van der Waals surface area contributed by atoms with Crippen molar-refractivity contribution in [1.82, 2.24) is 10.6 Å². The third kappa shape index (κ3) is 8.13. The van der Waals surface area contributed by atoms with Gasteiger partial charge in [-0.15, -0.1) is 0 Å². The number of aliphatic imine (C=N–C) groups is 1. The van der Waals surface area contributed by atoms with Crippen molar-refractivity contribution in [3.63, 3.8) is 0 Å². The Morgan fingerprint density at radius 3 is 2.57 bits per heavy atom. The Kier molecular flexibility index (Phi) is 9.70. The number of anilines is 2. The molecule has 198 valence electrons. The molecule has 0 saturated carbocycles. The lowest BCUT2D eigenvalue weighted by Crippen LogP contribution is -2.44. The number of carbonyl (C=O) groups is 3. The molecule has 1 aliphatic rings. The average molecular weight is 512 g/mol. The fourth-order valence-corrected chi connectivity index (χ4v) is 3.63. The topological polar surface area (TPSA) is 139 Å². The molecule has 1 atom stereocenters. The van der Waals surface area contributed by atoms with E-state index in [1.807, 2.05) is 6.07 Å². The number of alkyl carbamates (subject to hydrolysis) is 1. The number of rotatable bonds is 9. The maximum Gasteiger partial charge on any atom is 0.408 e. The molecule has 0 aliphatic carbocycles. The van der Waals surface area contributed by atoms with Crippen LogP contribution in [0.15, 0.2) is 47.5 Å². The third-order valence-corrected chi connectivity index (χ3v) is 5.37. The molecule has 0 aromatic heterocycles. The molecule has 2 amide bonds. The van der Waals surface area contributed by atoms with Crippen molar-refractivity contribution >= 4 is 35.3 Å². The fraction of sp³-hybridized carbons (Fsp3) is 0.385. The number of amides is 2. The fourth-order valence-electron chi connectivity index (χ4n) is 3.63. The Morgan fingerprint density at radius 2 is 1.89 bits per heavy atom. The van der Waals surface area contributed by atoms with Crippen molar-refractivity contribution in [3.05, 3.63) is 53.6 Å². The van der Waals surface area contributed by atoms with Crippen LogP contribution in [0.5, 0.6) is 5.75 Å². The first kappa shape index (κ1) is 27.3. The average Bonchev–Trinajstić information content (AvgIpc) is 2.88. The van der Waals surface area contributed by atoms with E-state index in [0.717, 1.165) is 25.2 Å². The second kappa shape index (κ2) is 13.1. The molecule has 0 spiro atoms. The van der Waals surface area contributed by atoms with E-state index in [1.54, 1.807) is 50.2 Å². The lowest BCUT2D eigenvalue weighted by atomic mass is 10.0. The van der Waals surface area contributed by atoms with Crippen LogP contribution in [0.25, 0.3) is 0 Å². The molecule has 11 heteroatoms. The highest BCUT2D eigenvalue weighted by molar-refractivity contribution is 6.05. The summed E-state index contributed by atoms with van der Waals surface area (Å²) in [4.78, 5) is 41.6. The van der Waals surface area contributed by atoms with Crippen LogP contribution in [-0.2, 0) is 20.7 Å². The Bertz CT molecular complexity index is 1150. The summed E-state index contributed by atoms with van der Waals surface area (Å²) >= 11 is 0. The smallest absolute Gasteiger partial charge is 0.408 e. The number of esters is 1. The summed E-state index contributed by atoms with van der Waals surface area (Å²) in [6.07, 6.45) is 0.0183. The number of methoxy groups -OCH3 is 2. The van der Waals surface area contributed by atoms with Gasteiger partial charge < -0.3 is 35.5 Å². The van der Waals surface area contributed by atoms with Gasteiger partial charge in [-0.25, -0.2) is 9.59 Å². The molecule has 11 nitrogen and oxygen atoms in total. The Labute approximate surface area is 216 Å². The quantitative estimate of drug-likeness (QED) is 0.377. The highest BCUT2D eigenvalue weighted by Gasteiger charge is 2.25. The zero-order valence-corrected chi connectivity index (χ0v) is 21.4. The van der Waals surface area contributed by atoms with Crippen molar-refractivity contribution < 1.29 is 28.6 Å². The van der Waals surface area contributed by atoms with Crippen LogP contribution in [-0.4, -0.2) is 63.4 Å². The normalized spacial score (nSPS) is 13.5. The van der Waals surface area contributed by atoms with Gasteiger partial charge in [0.25, 0.3) is 5.91 Å². The minimum atomic E-state index is -0.982. The molecule has 2 aromatic carbocycles. The summed E-state index contributed by atoms with van der Waals surface area (Å²) in [6, 6.07) is 11.2. The van der Waals surface area contributed by atoms with Crippen LogP contribution in [0.1, 0.15) is 36.2 Å². The van der Waals surface area contributed by atoms with Crippen molar-refractivity contribution in [3.8, 4) is 5.75 Å². The molecule has 0 bridgehead atoms. The summed E-state index contributed by atoms with van der Waals surface area (Å²) in [5.41, 5.74) is 2.34. The molecule has 0 radical (unpaired) electrons. The van der Waals surface area contributed by atoms with E-state index in [-0.39, 0.29) is 18.4 Å². The van der Waals surface area contributed by atoms with Gasteiger partial charge in [-0.1, -0.05) is 12.1 Å². The lowest BCUT2D eigenvalue weighted by Gasteiger charge is -2.19. The van der Waals surface area contributed by atoms with Crippen LogP contribution in [0.3, 0.4) is 0 Å². The third-order valence-electron chi connectivity index (χ3n) is 5.37. The number of hydrogen-bond acceptors (Lipinski definition) is 9. The Morgan fingerprint density at radius 1 is 1.08 bits per heavy atom. The lowest BCUT2D eigenvalue weighted by molar-refractivity contribution is -0.143. The van der Waals surface area contributed by atoms with Crippen LogP contribution in [0.2, 0.25) is 0 Å². The zero-order valence-electron chi connectivity index (χ0n) is 21.4. The second-order valence-corrected chi connectivity index (χ2v) is 8.58. The van der Waals surface area contributed by atoms with Crippen molar-refractivity contribution in [2.75, 3.05) is 37.9 Å². The molecular formula is C26H33N5O6. The van der Waals surface area contributed by atoms with Crippen molar-refractivity contribution in [1.29, 1.82) is 0 Å². The SMILES string of the molecule is COC(=O)C(Cc1ccc(NC(=O)c2cccc(NC3=NCCCN3)c2)cc1OC)NC(=O)OC(C)C. The highest BCUT2D eigenvalue weighted by Crippen LogP contribution is 2.25. The van der Waals surface area contributed by atoms with Crippen LogP contribution in [0, 0.1) is 0 Å². The minimum absolute atomic E-state index is 0.100. The predicted molar refractivity (Wildman–Crippen MR) is 140 cm³/mol. The van der Waals surface area contributed by atoms with E-state index >= 15 is 0 Å². The molecule has 1 heterocycles. The van der Waals surface area contributed by atoms with Gasteiger partial charge in [-0.05, 0) is 50.1 Å². The number of carbonyl (C=O) groups excluding carboxylic acids is 3. The summed E-state index contributed by atoms with van der Waals surface area (Å²) < 4.78 is 15.4. The first-order valence-electron chi connectivity index (χ1n) is 12.0. The highest BCUT2D eigenvalue weighted by atomic mass is 16.6. The maximum atomic E-state index is 12.9. The van der Waals surface area contributed by atoms with E-state index < -0.39 is 18.1 Å². The van der Waals surface area contributed by atoms with E-state index in [4.69, 9.17) is 14.2 Å². The molecule has 1 unspecified atom stereocenters. The van der Waals surface area contributed by atoms with Gasteiger partial charge in [-0.2, -0.15) is 0 Å². The van der Waals surface area contributed by atoms with Crippen LogP contribution < -0.4 is 26.0 Å². The number of hydrogen-bond donors (Lipinski definition) is 4. The van der Waals surface area contributed by atoms with E-state index in [1.165, 1.54) is 14.2 Å². The van der Waals surface area contributed by atoms with Gasteiger partial charge in [0.15, 0.2) is 5.96 Å². The molecule has 1 aliphatic heterocycles. The molecule has 3 rings (SSSR count). The molecule has 37 heavy (non-hydrogen) atoms. The standard InChI is InChI=1S/C26H33N5O6/c1-16(2)37-26(34)31-21(24(33)36-4)14-17-9-10-20(15-22(17)35-3)29-23(32)18-7-5-8-19(13-18)30-25-27-11-6-12-28-25/h5,7-10,13,15-16,21H,6,11-12,14H2,1-4H3,(H,29,32)(H,31,34)(H2,27,28,30). The molecule has 4 N–H and O–H groups in total. The number of nitrogens with zero attached hydrogens (tertiary/aromatic N) is 1. The second-order valence-electron chi connectivity index (χ2n) is 8.58. The minimum Gasteiger partial charge on any atom is -0.496 e. The molecule has 0 saturated heterocycles. The van der Waals surface area contributed by atoms with Gasteiger partial charge in [0.2, 0.25) is 0 Å².